The summed E-state index contributed by atoms with van der Waals surface area (Å²) in [5.41, 5.74) is 2.44. The molecule has 1 amide bonds. The summed E-state index contributed by atoms with van der Waals surface area (Å²) in [5.74, 6) is 0.0879. The molecule has 0 bridgehead atoms. The smallest absolute Gasteiger partial charge is 0.221 e. The first-order valence-corrected chi connectivity index (χ1v) is 10.2. The molecule has 0 saturated carbocycles. The molecule has 0 fully saturated rings. The Morgan fingerprint density at radius 1 is 1.00 bits per heavy atom. The van der Waals surface area contributed by atoms with Crippen LogP contribution in [0.15, 0.2) is 59.5 Å². The van der Waals surface area contributed by atoms with Gasteiger partial charge in [0, 0.05) is 13.0 Å². The number of benzene rings is 2. The Morgan fingerprint density at radius 2 is 1.64 bits per heavy atom. The molecule has 2 aromatic rings. The van der Waals surface area contributed by atoms with E-state index in [1.165, 1.54) is 5.56 Å². The zero-order valence-electron chi connectivity index (χ0n) is 14.7. The van der Waals surface area contributed by atoms with Gasteiger partial charge in [-0.05, 0) is 35.6 Å². The zero-order valence-corrected chi connectivity index (χ0v) is 15.6. The highest BCUT2D eigenvalue weighted by atomic mass is 32.2. The molecule has 1 N–H and O–H groups in total. The molecule has 0 aliphatic carbocycles. The van der Waals surface area contributed by atoms with Gasteiger partial charge in [-0.15, -0.1) is 0 Å². The van der Waals surface area contributed by atoms with E-state index in [1.807, 2.05) is 0 Å². The van der Waals surface area contributed by atoms with Crippen LogP contribution in [0, 0.1) is 0 Å². The van der Waals surface area contributed by atoms with Gasteiger partial charge in [0.2, 0.25) is 5.91 Å². The Balaban J connectivity index is 1.75. The average Bonchev–Trinajstić information content (AvgIpc) is 2.61. The van der Waals surface area contributed by atoms with Crippen molar-refractivity contribution in [3.05, 3.63) is 65.7 Å². The lowest BCUT2D eigenvalue weighted by Gasteiger charge is -2.08. The summed E-state index contributed by atoms with van der Waals surface area (Å²) in [6.07, 6.45) is 0.707. The van der Waals surface area contributed by atoms with E-state index in [0.717, 1.165) is 12.0 Å². The zero-order chi connectivity index (χ0) is 18.3. The first-order chi connectivity index (χ1) is 11.9. The lowest BCUT2D eigenvalue weighted by Crippen LogP contribution is -2.27. The fourth-order valence-electron chi connectivity index (χ4n) is 2.48. The number of nitrogens with one attached hydrogen (secondary N) is 1. The minimum Gasteiger partial charge on any atom is -0.356 e. The van der Waals surface area contributed by atoms with Crippen LogP contribution in [-0.4, -0.2) is 26.6 Å². The second-order valence-corrected chi connectivity index (χ2v) is 8.49. The first kappa shape index (κ1) is 19.2. The standard InChI is InChI=1S/C20H25NO3S/c1-16(2)18-10-8-17(9-11-18)12-14-21-20(22)13-15-25(23,24)19-6-4-3-5-7-19/h3-11,16H,12-15H2,1-2H3,(H,21,22). The number of hydrogen-bond acceptors (Lipinski definition) is 3. The lowest BCUT2D eigenvalue weighted by molar-refractivity contribution is -0.120. The highest BCUT2D eigenvalue weighted by Crippen LogP contribution is 2.15. The fourth-order valence-corrected chi connectivity index (χ4v) is 3.74. The summed E-state index contributed by atoms with van der Waals surface area (Å²) in [4.78, 5) is 12.1. The van der Waals surface area contributed by atoms with Crippen LogP contribution in [-0.2, 0) is 21.1 Å². The number of hydrogen-bond donors (Lipinski definition) is 1. The molecule has 2 aromatic carbocycles. The maximum atomic E-state index is 12.1. The molecular weight excluding hydrogens is 334 g/mol. The maximum absolute atomic E-state index is 12.1. The third-order valence-corrected chi connectivity index (χ3v) is 5.81. The Labute approximate surface area is 150 Å². The van der Waals surface area contributed by atoms with Crippen LogP contribution >= 0.6 is 0 Å². The van der Waals surface area contributed by atoms with Gasteiger partial charge in [-0.3, -0.25) is 4.79 Å². The van der Waals surface area contributed by atoms with Crippen molar-refractivity contribution >= 4 is 15.7 Å². The normalized spacial score (nSPS) is 11.5. The van der Waals surface area contributed by atoms with E-state index in [1.54, 1.807) is 30.3 Å². The fraction of sp³-hybridized carbons (Fsp3) is 0.350. The maximum Gasteiger partial charge on any atom is 0.221 e. The molecule has 134 valence electrons. The molecule has 2 rings (SSSR count). The van der Waals surface area contributed by atoms with Crippen molar-refractivity contribution in [3.63, 3.8) is 0 Å². The van der Waals surface area contributed by atoms with Crippen molar-refractivity contribution in [3.8, 4) is 0 Å². The molecule has 0 spiro atoms. The van der Waals surface area contributed by atoms with Crippen LogP contribution in [0.3, 0.4) is 0 Å². The van der Waals surface area contributed by atoms with Gasteiger partial charge in [0.05, 0.1) is 10.6 Å². The third-order valence-electron chi connectivity index (χ3n) is 4.08. The van der Waals surface area contributed by atoms with E-state index in [0.29, 0.717) is 12.5 Å². The Kier molecular flexibility index (Phi) is 6.76. The summed E-state index contributed by atoms with van der Waals surface area (Å²) >= 11 is 0. The summed E-state index contributed by atoms with van der Waals surface area (Å²) in [5, 5.41) is 2.79. The second kappa shape index (κ2) is 8.81. The van der Waals surface area contributed by atoms with Gasteiger partial charge in [-0.25, -0.2) is 8.42 Å². The van der Waals surface area contributed by atoms with Gasteiger partial charge in [0.1, 0.15) is 0 Å². The third kappa shape index (κ3) is 6.02. The number of carbonyl (C=O) groups is 1. The monoisotopic (exact) mass is 359 g/mol. The minimum atomic E-state index is -3.41. The van der Waals surface area contributed by atoms with Gasteiger partial charge in [0.15, 0.2) is 9.84 Å². The summed E-state index contributed by atoms with van der Waals surface area (Å²) in [7, 11) is -3.41. The van der Waals surface area contributed by atoms with Crippen molar-refractivity contribution in [1.29, 1.82) is 0 Å². The van der Waals surface area contributed by atoms with Crippen molar-refractivity contribution in [2.24, 2.45) is 0 Å². The molecule has 0 atom stereocenters. The predicted octanol–water partition coefficient (Wildman–Crippen LogP) is 3.33. The van der Waals surface area contributed by atoms with E-state index in [9.17, 15) is 13.2 Å². The molecule has 0 heterocycles. The number of sulfone groups is 1. The van der Waals surface area contributed by atoms with Crippen LogP contribution in [0.5, 0.6) is 0 Å². The topological polar surface area (TPSA) is 63.2 Å². The van der Waals surface area contributed by atoms with Gasteiger partial charge < -0.3 is 5.32 Å². The molecule has 0 aromatic heterocycles. The Hall–Kier alpha value is -2.14. The summed E-state index contributed by atoms with van der Waals surface area (Å²) in [6, 6.07) is 16.6. The molecule has 0 radical (unpaired) electrons. The van der Waals surface area contributed by atoms with Crippen LogP contribution in [0.4, 0.5) is 0 Å². The highest BCUT2D eigenvalue weighted by molar-refractivity contribution is 7.91. The predicted molar refractivity (Wildman–Crippen MR) is 100 cm³/mol. The van der Waals surface area contributed by atoms with E-state index >= 15 is 0 Å². The quantitative estimate of drug-likeness (QED) is 0.786. The second-order valence-electron chi connectivity index (χ2n) is 6.38. The molecule has 0 saturated heterocycles. The van der Waals surface area contributed by atoms with Crippen LogP contribution in [0.2, 0.25) is 0 Å². The summed E-state index contributed by atoms with van der Waals surface area (Å²) < 4.78 is 24.3. The van der Waals surface area contributed by atoms with E-state index in [-0.39, 0.29) is 23.0 Å². The SMILES string of the molecule is CC(C)c1ccc(CCNC(=O)CCS(=O)(=O)c2ccccc2)cc1. The number of rotatable bonds is 8. The Bertz CT molecular complexity index is 781. The van der Waals surface area contributed by atoms with Crippen molar-refractivity contribution in [2.75, 3.05) is 12.3 Å². The van der Waals surface area contributed by atoms with Crippen LogP contribution in [0.25, 0.3) is 0 Å². The van der Waals surface area contributed by atoms with E-state index in [4.69, 9.17) is 0 Å². The van der Waals surface area contributed by atoms with Crippen LogP contribution < -0.4 is 5.32 Å². The molecule has 5 heteroatoms. The van der Waals surface area contributed by atoms with Crippen LogP contribution in [0.1, 0.15) is 37.3 Å². The van der Waals surface area contributed by atoms with Crippen molar-refractivity contribution in [1.82, 2.24) is 5.32 Å². The van der Waals surface area contributed by atoms with Crippen molar-refractivity contribution in [2.45, 2.75) is 37.5 Å². The van der Waals surface area contributed by atoms with Crippen molar-refractivity contribution < 1.29 is 13.2 Å². The lowest BCUT2D eigenvalue weighted by atomic mass is 10.0. The Morgan fingerprint density at radius 3 is 2.24 bits per heavy atom. The largest absolute Gasteiger partial charge is 0.356 e. The molecule has 0 aliphatic rings. The highest BCUT2D eigenvalue weighted by Gasteiger charge is 2.15. The van der Waals surface area contributed by atoms with Gasteiger partial charge in [-0.2, -0.15) is 0 Å². The first-order valence-electron chi connectivity index (χ1n) is 8.52. The average molecular weight is 359 g/mol. The molecular formula is C20H25NO3S. The summed E-state index contributed by atoms with van der Waals surface area (Å²) in [6.45, 7) is 4.81. The number of amides is 1. The molecule has 0 unspecified atom stereocenters. The molecule has 25 heavy (non-hydrogen) atoms. The van der Waals surface area contributed by atoms with Gasteiger partial charge >= 0.3 is 0 Å². The number of carbonyl (C=O) groups excluding carboxylic acids is 1. The minimum absolute atomic E-state index is 0.0243. The van der Waals surface area contributed by atoms with E-state index in [2.05, 4.69) is 43.4 Å². The van der Waals surface area contributed by atoms with E-state index < -0.39 is 9.84 Å². The molecule has 0 aliphatic heterocycles. The molecule has 4 nitrogen and oxygen atoms in total. The van der Waals surface area contributed by atoms with Gasteiger partial charge in [0.25, 0.3) is 0 Å². The van der Waals surface area contributed by atoms with Gasteiger partial charge in [-0.1, -0.05) is 56.3 Å².